The Morgan fingerprint density at radius 3 is 2.90 bits per heavy atom. The van der Waals surface area contributed by atoms with Gasteiger partial charge < -0.3 is 4.90 Å². The van der Waals surface area contributed by atoms with Crippen LogP contribution in [0, 0.1) is 0 Å². The van der Waals surface area contributed by atoms with Gasteiger partial charge in [-0.2, -0.15) is 0 Å². The summed E-state index contributed by atoms with van der Waals surface area (Å²) in [5.41, 5.74) is 4.78. The van der Waals surface area contributed by atoms with Gasteiger partial charge in [0.25, 0.3) is 0 Å². The Labute approximate surface area is 117 Å². The molecule has 0 amide bonds. The molecule has 1 fully saturated rings. The zero-order valence-electron chi connectivity index (χ0n) is 11.2. The number of hydrogen-bond acceptors (Lipinski definition) is 4. The number of anilines is 1. The molecule has 4 nitrogen and oxygen atoms in total. The zero-order valence-corrected chi connectivity index (χ0v) is 11.2. The van der Waals surface area contributed by atoms with Crippen LogP contribution in [-0.2, 0) is 11.2 Å². The molecule has 3 aliphatic rings. The predicted molar refractivity (Wildman–Crippen MR) is 79.2 cm³/mol. The van der Waals surface area contributed by atoms with Gasteiger partial charge in [-0.15, -0.1) is 0 Å². The van der Waals surface area contributed by atoms with E-state index in [1.54, 1.807) is 5.94 Å². The van der Waals surface area contributed by atoms with Gasteiger partial charge >= 0.3 is 0 Å². The summed E-state index contributed by atoms with van der Waals surface area (Å²) < 4.78 is 0. The minimum absolute atomic E-state index is 0.220. The summed E-state index contributed by atoms with van der Waals surface area (Å²) in [7, 11) is 0. The van der Waals surface area contributed by atoms with Crippen molar-refractivity contribution in [3.63, 3.8) is 0 Å². The third-order valence-corrected chi connectivity index (χ3v) is 4.41. The van der Waals surface area contributed by atoms with Crippen LogP contribution in [0.3, 0.4) is 0 Å². The maximum atomic E-state index is 10.7. The fraction of sp³-hybridized carbons (Fsp3) is 0.375. The van der Waals surface area contributed by atoms with E-state index in [-0.39, 0.29) is 5.82 Å². The minimum atomic E-state index is 0.220. The molecule has 2 aliphatic heterocycles. The van der Waals surface area contributed by atoms with Crippen molar-refractivity contribution >= 4 is 23.1 Å². The molecule has 1 aromatic rings. The van der Waals surface area contributed by atoms with E-state index in [1.165, 1.54) is 11.3 Å². The molecule has 0 spiro atoms. The molecule has 1 aliphatic carbocycles. The van der Waals surface area contributed by atoms with Gasteiger partial charge in [0.1, 0.15) is 0 Å². The number of nitrogens with zero attached hydrogens (tertiary/aromatic N) is 3. The van der Waals surface area contributed by atoms with Crippen molar-refractivity contribution in [3.05, 3.63) is 35.6 Å². The number of benzene rings is 1. The summed E-state index contributed by atoms with van der Waals surface area (Å²) in [6, 6.07) is 9.11. The Morgan fingerprint density at radius 2 is 2.00 bits per heavy atom. The van der Waals surface area contributed by atoms with Crippen molar-refractivity contribution in [2.24, 2.45) is 9.98 Å². The summed E-state index contributed by atoms with van der Waals surface area (Å²) in [4.78, 5) is 21.7. The molecule has 1 atom stereocenters. The number of carbonyl (C=O) groups excluding carboxylic acids is 1. The van der Waals surface area contributed by atoms with Gasteiger partial charge in [0.15, 0.2) is 5.94 Å². The molecule has 1 unspecified atom stereocenters. The van der Waals surface area contributed by atoms with Crippen molar-refractivity contribution in [1.29, 1.82) is 0 Å². The smallest absolute Gasteiger partial charge is 0.239 e. The molecule has 4 heteroatoms. The fourth-order valence-corrected chi connectivity index (χ4v) is 3.46. The van der Waals surface area contributed by atoms with Crippen LogP contribution in [0.2, 0.25) is 0 Å². The van der Waals surface area contributed by atoms with E-state index in [4.69, 9.17) is 0 Å². The minimum Gasteiger partial charge on any atom is -0.368 e. The lowest BCUT2D eigenvalue weighted by molar-refractivity contribution is 0.566. The highest BCUT2D eigenvalue weighted by Crippen LogP contribution is 2.34. The van der Waals surface area contributed by atoms with Crippen molar-refractivity contribution < 1.29 is 4.79 Å². The zero-order chi connectivity index (χ0) is 13.5. The molecule has 0 bridgehead atoms. The lowest BCUT2D eigenvalue weighted by atomic mass is 9.91. The second kappa shape index (κ2) is 4.43. The third kappa shape index (κ3) is 1.73. The molecule has 0 aromatic heterocycles. The molecule has 100 valence electrons. The molecule has 2 heterocycles. The van der Waals surface area contributed by atoms with Crippen LogP contribution < -0.4 is 4.90 Å². The fourth-order valence-electron chi connectivity index (χ4n) is 3.46. The lowest BCUT2D eigenvalue weighted by Gasteiger charge is -2.33. The van der Waals surface area contributed by atoms with Crippen molar-refractivity contribution in [3.8, 4) is 0 Å². The normalized spacial score (nSPS) is 23.9. The quantitative estimate of drug-likeness (QED) is 0.730. The molecule has 4 rings (SSSR count). The summed E-state index contributed by atoms with van der Waals surface area (Å²) in [5.74, 6) is 2.02. The maximum absolute atomic E-state index is 10.7. The number of aliphatic imine (C=N–C) groups is 2. The van der Waals surface area contributed by atoms with Gasteiger partial charge in [0, 0.05) is 24.7 Å². The van der Waals surface area contributed by atoms with E-state index >= 15 is 0 Å². The van der Waals surface area contributed by atoms with Crippen LogP contribution in [0.5, 0.6) is 0 Å². The third-order valence-electron chi connectivity index (χ3n) is 4.41. The van der Waals surface area contributed by atoms with E-state index < -0.39 is 0 Å². The van der Waals surface area contributed by atoms with Gasteiger partial charge in [-0.1, -0.05) is 18.2 Å². The van der Waals surface area contributed by atoms with E-state index in [0.29, 0.717) is 6.04 Å². The second-order valence-corrected chi connectivity index (χ2v) is 5.51. The van der Waals surface area contributed by atoms with E-state index in [1.807, 2.05) is 0 Å². The topological polar surface area (TPSA) is 45.0 Å². The average Bonchev–Trinajstić information content (AvgIpc) is 3.09. The second-order valence-electron chi connectivity index (χ2n) is 5.51. The van der Waals surface area contributed by atoms with Gasteiger partial charge in [-0.3, -0.25) is 0 Å². The molecular formula is C16H15N3O. The molecule has 1 aromatic carbocycles. The number of para-hydroxylation sites is 1. The van der Waals surface area contributed by atoms with E-state index in [0.717, 1.165) is 43.7 Å². The van der Waals surface area contributed by atoms with E-state index in [9.17, 15) is 4.79 Å². The summed E-state index contributed by atoms with van der Waals surface area (Å²) in [6.45, 7) is 1.08. The highest BCUT2D eigenvalue weighted by Gasteiger charge is 2.33. The van der Waals surface area contributed by atoms with Gasteiger partial charge in [0.05, 0.1) is 11.4 Å². The Morgan fingerprint density at radius 1 is 1.15 bits per heavy atom. The van der Waals surface area contributed by atoms with Gasteiger partial charge in [-0.05, 0) is 30.9 Å². The molecule has 0 saturated heterocycles. The standard InChI is InChI=1S/C16H15N3O/c20-10-16-17-13-6-5-12(9-14(13)18-16)19-8-7-11-3-1-2-4-15(11)19/h1-4,12H,5-9H2. The first-order valence-electron chi connectivity index (χ1n) is 7.10. The number of rotatable bonds is 1. The average molecular weight is 265 g/mol. The van der Waals surface area contributed by atoms with Crippen LogP contribution in [0.25, 0.3) is 0 Å². The Bertz CT molecular complexity index is 683. The van der Waals surface area contributed by atoms with Crippen LogP contribution in [0.1, 0.15) is 24.8 Å². The molecule has 0 N–H and O–H groups in total. The highest BCUT2D eigenvalue weighted by molar-refractivity contribution is 6.45. The first kappa shape index (κ1) is 11.6. The number of fused-ring (bicyclic) bond motifs is 2. The molecule has 20 heavy (non-hydrogen) atoms. The Balaban J connectivity index is 1.61. The van der Waals surface area contributed by atoms with Crippen LogP contribution in [0.15, 0.2) is 40.1 Å². The first-order chi connectivity index (χ1) is 9.85. The molecule has 1 saturated carbocycles. The van der Waals surface area contributed by atoms with Gasteiger partial charge in [0.2, 0.25) is 5.82 Å². The largest absolute Gasteiger partial charge is 0.368 e. The Hall–Kier alpha value is -2.19. The van der Waals surface area contributed by atoms with Crippen molar-refractivity contribution in [1.82, 2.24) is 0 Å². The van der Waals surface area contributed by atoms with Crippen molar-refractivity contribution in [2.75, 3.05) is 11.4 Å². The highest BCUT2D eigenvalue weighted by atomic mass is 16.1. The predicted octanol–water partition coefficient (Wildman–Crippen LogP) is 2.17. The van der Waals surface area contributed by atoms with Crippen LogP contribution in [0.4, 0.5) is 5.69 Å². The van der Waals surface area contributed by atoms with Gasteiger partial charge in [-0.25, -0.2) is 14.8 Å². The van der Waals surface area contributed by atoms with E-state index in [2.05, 4.69) is 39.2 Å². The molecule has 0 radical (unpaired) electrons. The van der Waals surface area contributed by atoms with Crippen LogP contribution in [-0.4, -0.2) is 30.0 Å². The monoisotopic (exact) mass is 265 g/mol. The first-order valence-corrected chi connectivity index (χ1v) is 7.10. The lowest BCUT2D eigenvalue weighted by Crippen LogP contribution is -2.40. The summed E-state index contributed by atoms with van der Waals surface area (Å²) >= 11 is 0. The van der Waals surface area contributed by atoms with Crippen LogP contribution >= 0.6 is 0 Å². The number of hydrogen-bond donors (Lipinski definition) is 0. The Kier molecular flexibility index (Phi) is 2.57. The molecular weight excluding hydrogens is 250 g/mol. The van der Waals surface area contributed by atoms with Crippen molar-refractivity contribution in [2.45, 2.75) is 31.7 Å². The summed E-state index contributed by atoms with van der Waals surface area (Å²) in [6.07, 6.45) is 4.00. The SMILES string of the molecule is O=C=C1N=C2CCC(N3CCc4ccccc43)CC2=N1. The maximum Gasteiger partial charge on any atom is 0.239 e. The summed E-state index contributed by atoms with van der Waals surface area (Å²) in [5, 5.41) is 0.